The predicted octanol–water partition coefficient (Wildman–Crippen LogP) is 2.43. The molecule has 1 rings (SSSR count). The number of aliphatic hydroxyl groups excluding tert-OH is 2. The molecule has 0 spiro atoms. The molecule has 0 amide bonds. The lowest BCUT2D eigenvalue weighted by molar-refractivity contribution is 0.0479. The summed E-state index contributed by atoms with van der Waals surface area (Å²) in [5.41, 5.74) is 0.477. The van der Waals surface area contributed by atoms with Crippen LogP contribution in [0.2, 0.25) is 0 Å². The summed E-state index contributed by atoms with van der Waals surface area (Å²) < 4.78 is 9.70. The van der Waals surface area contributed by atoms with Gasteiger partial charge in [-0.2, -0.15) is 0 Å². The van der Waals surface area contributed by atoms with Crippen LogP contribution in [0.3, 0.4) is 0 Å². The second-order valence-electron chi connectivity index (χ2n) is 5.12. The van der Waals surface area contributed by atoms with Crippen molar-refractivity contribution in [2.45, 2.75) is 33.6 Å². The van der Waals surface area contributed by atoms with Crippen LogP contribution in [0.25, 0.3) is 0 Å². The largest absolute Gasteiger partial charge is 0.462 e. The Bertz CT molecular complexity index is 443. The van der Waals surface area contributed by atoms with E-state index >= 15 is 0 Å². The quantitative estimate of drug-likeness (QED) is 0.706. The van der Waals surface area contributed by atoms with Gasteiger partial charge in [0.15, 0.2) is 0 Å². The van der Waals surface area contributed by atoms with E-state index in [0.29, 0.717) is 5.92 Å². The van der Waals surface area contributed by atoms with E-state index in [4.69, 9.17) is 19.7 Å². The fraction of sp³-hybridized carbons (Fsp3) is 0.556. The number of aliphatic hydroxyl groups is 2. The molecule has 0 aliphatic carbocycles. The molecule has 0 unspecified atom stereocenters. The highest BCUT2D eigenvalue weighted by Gasteiger charge is 2.17. The highest BCUT2D eigenvalue weighted by atomic mass is 16.5. The molecule has 6 heteroatoms. The van der Waals surface area contributed by atoms with Crippen molar-refractivity contribution < 1.29 is 29.3 Å². The summed E-state index contributed by atoms with van der Waals surface area (Å²) in [5, 5.41) is 16.8. The summed E-state index contributed by atoms with van der Waals surface area (Å²) in [4.78, 5) is 23.1. The lowest BCUT2D eigenvalue weighted by Gasteiger charge is -2.07. The molecule has 0 heterocycles. The average molecular weight is 340 g/mol. The molecule has 0 aromatic heterocycles. The van der Waals surface area contributed by atoms with E-state index in [1.165, 1.54) is 0 Å². The van der Waals surface area contributed by atoms with Gasteiger partial charge in [0.2, 0.25) is 0 Å². The number of ether oxygens (including phenoxy) is 2. The maximum absolute atomic E-state index is 11.5. The smallest absolute Gasteiger partial charge is 0.338 e. The van der Waals surface area contributed by atoms with Crippen LogP contribution in [0.5, 0.6) is 0 Å². The molecular formula is C18H28O6. The lowest BCUT2D eigenvalue weighted by atomic mass is 10.1. The number of hydrogen-bond acceptors (Lipinski definition) is 6. The Morgan fingerprint density at radius 1 is 0.917 bits per heavy atom. The molecule has 136 valence electrons. The van der Waals surface area contributed by atoms with E-state index in [1.54, 1.807) is 38.1 Å². The van der Waals surface area contributed by atoms with Gasteiger partial charge in [0.25, 0.3) is 0 Å². The van der Waals surface area contributed by atoms with Gasteiger partial charge in [0, 0.05) is 13.2 Å². The van der Waals surface area contributed by atoms with Crippen molar-refractivity contribution >= 4 is 11.9 Å². The molecule has 24 heavy (non-hydrogen) atoms. The van der Waals surface area contributed by atoms with Gasteiger partial charge in [-0.15, -0.1) is 0 Å². The highest BCUT2D eigenvalue weighted by Crippen LogP contribution is 2.11. The van der Waals surface area contributed by atoms with Crippen molar-refractivity contribution in [3.8, 4) is 0 Å². The van der Waals surface area contributed by atoms with E-state index in [9.17, 15) is 9.59 Å². The molecule has 0 radical (unpaired) electrons. The summed E-state index contributed by atoms with van der Waals surface area (Å²) >= 11 is 0. The molecule has 0 bridgehead atoms. The summed E-state index contributed by atoms with van der Waals surface area (Å²) in [6.45, 7) is 6.47. The monoisotopic (exact) mass is 340 g/mol. The standard InChI is InChI=1S/C12H14O4.C6H14O2/c1-3-15-11(13)9-7-5-6-8-10(9)12(14)16-4-2;1-6(2-4-7)3-5-8/h5-8H,3-4H2,1-2H3;6-8H,2-5H2,1H3. The average Bonchev–Trinajstić information content (AvgIpc) is 2.56. The molecule has 0 fully saturated rings. The number of hydrogen-bond donors (Lipinski definition) is 2. The van der Waals surface area contributed by atoms with Gasteiger partial charge < -0.3 is 19.7 Å². The SMILES string of the molecule is CC(CCO)CCO.CCOC(=O)c1ccccc1C(=O)OCC. The van der Waals surface area contributed by atoms with Crippen molar-refractivity contribution in [1.82, 2.24) is 0 Å². The van der Waals surface area contributed by atoms with Crippen molar-refractivity contribution in [3.63, 3.8) is 0 Å². The van der Waals surface area contributed by atoms with Gasteiger partial charge in [-0.3, -0.25) is 0 Å². The molecule has 0 saturated carbocycles. The van der Waals surface area contributed by atoms with Crippen LogP contribution in [-0.2, 0) is 9.47 Å². The fourth-order valence-electron chi connectivity index (χ4n) is 1.84. The second-order valence-corrected chi connectivity index (χ2v) is 5.12. The number of rotatable bonds is 8. The summed E-state index contributed by atoms with van der Waals surface area (Å²) in [5.74, 6) is -0.553. The van der Waals surface area contributed by atoms with E-state index in [0.717, 1.165) is 12.8 Å². The minimum Gasteiger partial charge on any atom is -0.462 e. The Morgan fingerprint density at radius 3 is 1.58 bits per heavy atom. The van der Waals surface area contributed by atoms with Crippen molar-refractivity contribution in [2.24, 2.45) is 5.92 Å². The third-order valence-electron chi connectivity index (χ3n) is 3.16. The molecule has 0 saturated heterocycles. The minimum atomic E-state index is -0.508. The van der Waals surface area contributed by atoms with Crippen LogP contribution in [0, 0.1) is 5.92 Å². The fourth-order valence-corrected chi connectivity index (χ4v) is 1.84. The minimum absolute atomic E-state index is 0.237. The molecule has 1 aromatic rings. The zero-order valence-corrected chi connectivity index (χ0v) is 14.7. The van der Waals surface area contributed by atoms with Crippen molar-refractivity contribution in [2.75, 3.05) is 26.4 Å². The van der Waals surface area contributed by atoms with Crippen LogP contribution in [-0.4, -0.2) is 48.6 Å². The summed E-state index contributed by atoms with van der Waals surface area (Å²) in [7, 11) is 0. The molecule has 2 N–H and O–H groups in total. The summed E-state index contributed by atoms with van der Waals surface area (Å²) in [6.07, 6.45) is 1.61. The van der Waals surface area contributed by atoms with E-state index < -0.39 is 11.9 Å². The Labute approximate surface area is 143 Å². The van der Waals surface area contributed by atoms with E-state index in [-0.39, 0.29) is 37.6 Å². The van der Waals surface area contributed by atoms with Gasteiger partial charge in [-0.05, 0) is 44.7 Å². The number of carbonyl (C=O) groups excluding carboxylic acids is 2. The van der Waals surface area contributed by atoms with Crippen molar-refractivity contribution in [3.05, 3.63) is 35.4 Å². The molecule has 0 aliphatic rings. The van der Waals surface area contributed by atoms with Gasteiger partial charge in [0.1, 0.15) is 0 Å². The maximum atomic E-state index is 11.5. The van der Waals surface area contributed by atoms with Crippen LogP contribution in [0.4, 0.5) is 0 Å². The van der Waals surface area contributed by atoms with Gasteiger partial charge in [0.05, 0.1) is 24.3 Å². The zero-order valence-electron chi connectivity index (χ0n) is 14.7. The van der Waals surface area contributed by atoms with Crippen LogP contribution >= 0.6 is 0 Å². The first kappa shape index (κ1) is 22.1. The van der Waals surface area contributed by atoms with Crippen LogP contribution < -0.4 is 0 Å². The van der Waals surface area contributed by atoms with Gasteiger partial charge >= 0.3 is 11.9 Å². The molecule has 0 aliphatic heterocycles. The normalized spacial score (nSPS) is 9.92. The molecule has 6 nitrogen and oxygen atoms in total. The van der Waals surface area contributed by atoms with Gasteiger partial charge in [-0.1, -0.05) is 19.1 Å². The molecule has 1 aromatic carbocycles. The number of carbonyl (C=O) groups is 2. The predicted molar refractivity (Wildman–Crippen MR) is 90.9 cm³/mol. The maximum Gasteiger partial charge on any atom is 0.338 e. The Hall–Kier alpha value is -1.92. The van der Waals surface area contributed by atoms with E-state index in [2.05, 4.69) is 0 Å². The van der Waals surface area contributed by atoms with Crippen molar-refractivity contribution in [1.29, 1.82) is 0 Å². The first-order valence-electron chi connectivity index (χ1n) is 8.16. The number of esters is 2. The van der Waals surface area contributed by atoms with Gasteiger partial charge in [-0.25, -0.2) is 9.59 Å². The Balaban J connectivity index is 0.000000561. The van der Waals surface area contributed by atoms with Crippen LogP contribution in [0.1, 0.15) is 54.3 Å². The Kier molecular flexibility index (Phi) is 12.4. The molecule has 0 atom stereocenters. The second kappa shape index (κ2) is 13.5. The molecular weight excluding hydrogens is 312 g/mol. The first-order chi connectivity index (χ1) is 11.5. The zero-order chi connectivity index (χ0) is 18.4. The topological polar surface area (TPSA) is 93.1 Å². The van der Waals surface area contributed by atoms with E-state index in [1.807, 2.05) is 6.92 Å². The lowest BCUT2D eigenvalue weighted by Crippen LogP contribution is -2.13. The third kappa shape index (κ3) is 8.64. The highest BCUT2D eigenvalue weighted by molar-refractivity contribution is 6.03. The number of benzene rings is 1. The summed E-state index contributed by atoms with van der Waals surface area (Å²) in [6, 6.07) is 6.44. The third-order valence-corrected chi connectivity index (χ3v) is 3.16. The van der Waals surface area contributed by atoms with Crippen LogP contribution in [0.15, 0.2) is 24.3 Å². The first-order valence-corrected chi connectivity index (χ1v) is 8.16. The Morgan fingerprint density at radius 2 is 1.29 bits per heavy atom.